The molecule has 0 radical (unpaired) electrons. The Hall–Kier alpha value is -1.95. The van der Waals surface area contributed by atoms with Crippen molar-refractivity contribution in [3.05, 3.63) is 30.1 Å². The van der Waals surface area contributed by atoms with Crippen LogP contribution in [-0.4, -0.2) is 42.0 Å². The van der Waals surface area contributed by atoms with Gasteiger partial charge in [0, 0.05) is 0 Å². The van der Waals surface area contributed by atoms with E-state index in [0.717, 1.165) is 0 Å². The van der Waals surface area contributed by atoms with Gasteiger partial charge in [-0.15, -0.1) is 0 Å². The molecule has 1 aromatic rings. The van der Waals surface area contributed by atoms with Crippen molar-refractivity contribution >= 4 is 17.6 Å². The summed E-state index contributed by atoms with van der Waals surface area (Å²) in [5.74, 6) is -2.01. The van der Waals surface area contributed by atoms with Crippen LogP contribution >= 0.6 is 0 Å². The fraction of sp³-hybridized carbons (Fsp3) is 0.273. The second kappa shape index (κ2) is 5.95. The first kappa shape index (κ1) is 13.1. The van der Waals surface area contributed by atoms with Crippen LogP contribution in [0.4, 0.5) is 10.1 Å². The first-order chi connectivity index (χ1) is 7.99. The molecule has 0 saturated heterocycles. The molecule has 0 heterocycles. The van der Waals surface area contributed by atoms with Crippen molar-refractivity contribution in [2.75, 3.05) is 25.5 Å². The van der Waals surface area contributed by atoms with E-state index < -0.39 is 17.7 Å². The van der Waals surface area contributed by atoms with Crippen LogP contribution in [0.15, 0.2) is 24.3 Å². The fourth-order valence-corrected chi connectivity index (χ4v) is 1.28. The molecule has 0 fully saturated rings. The highest BCUT2D eigenvalue weighted by molar-refractivity contribution is 5.92. The van der Waals surface area contributed by atoms with Crippen molar-refractivity contribution < 1.29 is 19.1 Å². The highest BCUT2D eigenvalue weighted by Gasteiger charge is 2.11. The van der Waals surface area contributed by atoms with E-state index in [1.54, 1.807) is 6.07 Å². The zero-order valence-electron chi connectivity index (χ0n) is 9.31. The molecule has 0 unspecified atom stereocenters. The summed E-state index contributed by atoms with van der Waals surface area (Å²) in [6.07, 6.45) is 0. The summed E-state index contributed by atoms with van der Waals surface area (Å²) in [4.78, 5) is 23.1. The molecule has 0 aromatic heterocycles. The summed E-state index contributed by atoms with van der Waals surface area (Å²) in [6, 6.07) is 5.78. The number of halogens is 1. The van der Waals surface area contributed by atoms with Gasteiger partial charge >= 0.3 is 5.97 Å². The Labute approximate surface area is 97.8 Å². The SMILES string of the molecule is CN(CC(=O)O)CC(=O)Nc1ccccc1F. The minimum absolute atomic E-state index is 0.0845. The summed E-state index contributed by atoms with van der Waals surface area (Å²) in [5, 5.41) is 10.9. The zero-order valence-corrected chi connectivity index (χ0v) is 9.31. The number of para-hydroxylation sites is 1. The topological polar surface area (TPSA) is 69.6 Å². The van der Waals surface area contributed by atoms with Crippen LogP contribution in [0.1, 0.15) is 0 Å². The van der Waals surface area contributed by atoms with Crippen LogP contribution in [0.5, 0.6) is 0 Å². The molecule has 0 aliphatic carbocycles. The second-order valence-corrected chi connectivity index (χ2v) is 3.59. The van der Waals surface area contributed by atoms with Crippen molar-refractivity contribution in [1.82, 2.24) is 4.90 Å². The van der Waals surface area contributed by atoms with Gasteiger partial charge in [-0.2, -0.15) is 0 Å². The van der Waals surface area contributed by atoms with Crippen molar-refractivity contribution in [3.8, 4) is 0 Å². The molecule has 0 bridgehead atoms. The molecule has 0 spiro atoms. The minimum atomic E-state index is -1.02. The van der Waals surface area contributed by atoms with Gasteiger partial charge in [-0.25, -0.2) is 4.39 Å². The molecular formula is C11H13FN2O3. The highest BCUT2D eigenvalue weighted by atomic mass is 19.1. The molecule has 0 saturated carbocycles. The van der Waals surface area contributed by atoms with Crippen molar-refractivity contribution in [2.24, 2.45) is 0 Å². The summed E-state index contributed by atoms with van der Waals surface area (Å²) in [5.41, 5.74) is 0.0845. The lowest BCUT2D eigenvalue weighted by Gasteiger charge is -2.13. The van der Waals surface area contributed by atoms with Gasteiger partial charge in [-0.05, 0) is 19.2 Å². The predicted molar refractivity (Wildman–Crippen MR) is 60.2 cm³/mol. The van der Waals surface area contributed by atoms with E-state index in [-0.39, 0.29) is 18.8 Å². The first-order valence-electron chi connectivity index (χ1n) is 4.93. The van der Waals surface area contributed by atoms with Gasteiger partial charge in [0.25, 0.3) is 0 Å². The second-order valence-electron chi connectivity index (χ2n) is 3.59. The number of rotatable bonds is 5. The van der Waals surface area contributed by atoms with E-state index >= 15 is 0 Å². The number of likely N-dealkylation sites (N-methyl/N-ethyl adjacent to an activating group) is 1. The van der Waals surface area contributed by atoms with Crippen molar-refractivity contribution in [3.63, 3.8) is 0 Å². The number of carbonyl (C=O) groups is 2. The number of hydrogen-bond donors (Lipinski definition) is 2. The smallest absolute Gasteiger partial charge is 0.317 e. The number of carboxylic acids is 1. The van der Waals surface area contributed by atoms with Crippen LogP contribution in [0, 0.1) is 5.82 Å². The number of benzene rings is 1. The third-order valence-corrected chi connectivity index (χ3v) is 1.97. The van der Waals surface area contributed by atoms with Crippen molar-refractivity contribution in [2.45, 2.75) is 0 Å². The van der Waals surface area contributed by atoms with Gasteiger partial charge in [0.15, 0.2) is 0 Å². The number of carbonyl (C=O) groups excluding carboxylic acids is 1. The van der Waals surface area contributed by atoms with Crippen molar-refractivity contribution in [1.29, 1.82) is 0 Å². The molecule has 0 aliphatic heterocycles. The van der Waals surface area contributed by atoms with Crippen LogP contribution in [0.25, 0.3) is 0 Å². The van der Waals surface area contributed by atoms with Gasteiger partial charge in [0.1, 0.15) is 5.82 Å². The van der Waals surface area contributed by atoms with E-state index in [1.165, 1.54) is 30.1 Å². The molecule has 6 heteroatoms. The number of aliphatic carboxylic acids is 1. The minimum Gasteiger partial charge on any atom is -0.480 e. The largest absolute Gasteiger partial charge is 0.480 e. The average Bonchev–Trinajstić information content (AvgIpc) is 2.19. The molecule has 5 nitrogen and oxygen atoms in total. The monoisotopic (exact) mass is 240 g/mol. The van der Waals surface area contributed by atoms with Crippen LogP contribution in [-0.2, 0) is 9.59 Å². The number of hydrogen-bond acceptors (Lipinski definition) is 3. The standard InChI is InChI=1S/C11H13FN2O3/c1-14(7-11(16)17)6-10(15)13-9-5-3-2-4-8(9)12/h2-5H,6-7H2,1H3,(H,13,15)(H,16,17). The number of anilines is 1. The van der Waals surface area contributed by atoms with E-state index in [9.17, 15) is 14.0 Å². The van der Waals surface area contributed by atoms with Gasteiger partial charge in [-0.1, -0.05) is 12.1 Å². The Morgan fingerprint density at radius 2 is 2.00 bits per heavy atom. The molecule has 1 amide bonds. The number of nitrogens with zero attached hydrogens (tertiary/aromatic N) is 1. The fourth-order valence-electron chi connectivity index (χ4n) is 1.28. The Balaban J connectivity index is 2.50. The maximum Gasteiger partial charge on any atom is 0.317 e. The van der Waals surface area contributed by atoms with Gasteiger partial charge in [0.2, 0.25) is 5.91 Å². The van der Waals surface area contributed by atoms with Gasteiger partial charge in [-0.3, -0.25) is 14.5 Å². The third-order valence-electron chi connectivity index (χ3n) is 1.97. The summed E-state index contributed by atoms with van der Waals surface area (Å²) in [6.45, 7) is -0.356. The lowest BCUT2D eigenvalue weighted by Crippen LogP contribution is -2.34. The summed E-state index contributed by atoms with van der Waals surface area (Å²) in [7, 11) is 1.50. The number of amides is 1. The summed E-state index contributed by atoms with van der Waals surface area (Å²) >= 11 is 0. The third kappa shape index (κ3) is 4.60. The normalized spacial score (nSPS) is 10.3. The molecule has 0 aliphatic rings. The zero-order chi connectivity index (χ0) is 12.8. The highest BCUT2D eigenvalue weighted by Crippen LogP contribution is 2.11. The Bertz CT molecular complexity index is 423. The van der Waals surface area contributed by atoms with Gasteiger partial charge < -0.3 is 10.4 Å². The number of nitrogens with one attached hydrogen (secondary N) is 1. The van der Waals surface area contributed by atoms with Crippen LogP contribution in [0.2, 0.25) is 0 Å². The molecule has 2 N–H and O–H groups in total. The molecule has 92 valence electrons. The molecule has 1 rings (SSSR count). The maximum absolute atomic E-state index is 13.2. The van der Waals surface area contributed by atoms with E-state index in [1.807, 2.05) is 0 Å². The first-order valence-corrected chi connectivity index (χ1v) is 4.93. The molecule has 1 aromatic carbocycles. The van der Waals surface area contributed by atoms with Gasteiger partial charge in [0.05, 0.1) is 18.8 Å². The lowest BCUT2D eigenvalue weighted by atomic mass is 10.3. The van der Waals surface area contributed by atoms with E-state index in [4.69, 9.17) is 5.11 Å². The lowest BCUT2D eigenvalue weighted by molar-refractivity contribution is -0.138. The maximum atomic E-state index is 13.2. The molecular weight excluding hydrogens is 227 g/mol. The van der Waals surface area contributed by atoms with Crippen LogP contribution < -0.4 is 5.32 Å². The number of carboxylic acid groups (broad SMARTS) is 1. The molecule has 0 atom stereocenters. The Morgan fingerprint density at radius 1 is 1.35 bits per heavy atom. The van der Waals surface area contributed by atoms with Crippen LogP contribution in [0.3, 0.4) is 0 Å². The average molecular weight is 240 g/mol. The summed E-state index contributed by atoms with van der Waals surface area (Å²) < 4.78 is 13.2. The van der Waals surface area contributed by atoms with E-state index in [2.05, 4.69) is 5.32 Å². The Kier molecular flexibility index (Phi) is 4.59. The van der Waals surface area contributed by atoms with E-state index in [0.29, 0.717) is 0 Å². The quantitative estimate of drug-likeness (QED) is 0.798. The predicted octanol–water partition coefficient (Wildman–Crippen LogP) is 0.781. The molecule has 17 heavy (non-hydrogen) atoms. The Morgan fingerprint density at radius 3 is 2.59 bits per heavy atom.